The van der Waals surface area contributed by atoms with Crippen molar-refractivity contribution in [1.82, 2.24) is 14.7 Å². The summed E-state index contributed by atoms with van der Waals surface area (Å²) in [6.07, 6.45) is 4.66. The first-order valence-electron chi connectivity index (χ1n) is 10.9. The van der Waals surface area contributed by atoms with E-state index in [4.69, 9.17) is 14.0 Å². The molecule has 33 heavy (non-hydrogen) atoms. The molecule has 1 fully saturated rings. The standard InChI is InChI=1S/C24H28N4O5/c1-27(21(17-7-5-4-6-8-17)18-9-11-32-12-10-18)24-26-20(22(31-3)23(30)28(24)2)19(29)13-16-14-25-33-15-16/h4-8,14-15,18,21H,9-13H2,1-3H3. The Bertz CT molecular complexity index is 1140. The van der Waals surface area contributed by atoms with Crippen molar-refractivity contribution in [2.75, 3.05) is 32.3 Å². The summed E-state index contributed by atoms with van der Waals surface area (Å²) >= 11 is 0. The smallest absolute Gasteiger partial charge is 0.297 e. The highest BCUT2D eigenvalue weighted by Gasteiger charge is 2.32. The Morgan fingerprint density at radius 1 is 1.27 bits per heavy atom. The first-order valence-corrected chi connectivity index (χ1v) is 10.9. The van der Waals surface area contributed by atoms with Gasteiger partial charge in [-0.25, -0.2) is 4.98 Å². The highest BCUT2D eigenvalue weighted by atomic mass is 16.5. The summed E-state index contributed by atoms with van der Waals surface area (Å²) in [6, 6.07) is 10.1. The Labute approximate surface area is 191 Å². The number of ketones is 1. The monoisotopic (exact) mass is 452 g/mol. The topological polar surface area (TPSA) is 99.7 Å². The Balaban J connectivity index is 1.77. The van der Waals surface area contributed by atoms with Gasteiger partial charge in [0.25, 0.3) is 5.56 Å². The maximum atomic E-state index is 13.2. The molecule has 0 saturated carbocycles. The van der Waals surface area contributed by atoms with Crippen LogP contribution in [0.4, 0.5) is 5.95 Å². The van der Waals surface area contributed by atoms with Crippen LogP contribution in [-0.4, -0.2) is 47.9 Å². The van der Waals surface area contributed by atoms with Crippen LogP contribution in [-0.2, 0) is 18.2 Å². The molecule has 1 aromatic carbocycles. The fourth-order valence-electron chi connectivity index (χ4n) is 4.46. The van der Waals surface area contributed by atoms with Gasteiger partial charge in [-0.3, -0.25) is 14.2 Å². The zero-order chi connectivity index (χ0) is 23.4. The Morgan fingerprint density at radius 3 is 2.64 bits per heavy atom. The quantitative estimate of drug-likeness (QED) is 0.481. The van der Waals surface area contributed by atoms with E-state index in [1.807, 2.05) is 30.1 Å². The highest BCUT2D eigenvalue weighted by molar-refractivity contribution is 5.98. The molecule has 3 heterocycles. The van der Waals surface area contributed by atoms with Crippen molar-refractivity contribution in [3.05, 3.63) is 70.0 Å². The number of aromatic nitrogens is 3. The van der Waals surface area contributed by atoms with Crippen LogP contribution in [0.25, 0.3) is 0 Å². The van der Waals surface area contributed by atoms with Gasteiger partial charge >= 0.3 is 0 Å². The largest absolute Gasteiger partial charge is 0.489 e. The average molecular weight is 453 g/mol. The van der Waals surface area contributed by atoms with Gasteiger partial charge in [0.15, 0.2) is 11.5 Å². The Hall–Kier alpha value is -3.46. The molecule has 174 valence electrons. The van der Waals surface area contributed by atoms with Crippen LogP contribution >= 0.6 is 0 Å². The number of nitrogens with zero attached hydrogens (tertiary/aromatic N) is 4. The molecule has 1 unspecified atom stereocenters. The Kier molecular flexibility index (Phi) is 6.88. The molecule has 0 N–H and O–H groups in total. The number of benzene rings is 1. The number of Topliss-reactive ketones (excluding diaryl/α,β-unsaturated/α-hetero) is 1. The normalized spacial score (nSPS) is 15.2. The number of hydrogen-bond donors (Lipinski definition) is 0. The van der Waals surface area contributed by atoms with Crippen molar-refractivity contribution in [3.63, 3.8) is 0 Å². The van der Waals surface area contributed by atoms with E-state index in [1.165, 1.54) is 24.1 Å². The number of anilines is 1. The lowest BCUT2D eigenvalue weighted by Gasteiger charge is -2.38. The third-order valence-corrected chi connectivity index (χ3v) is 6.13. The fourth-order valence-corrected chi connectivity index (χ4v) is 4.46. The molecule has 0 bridgehead atoms. The van der Waals surface area contributed by atoms with Crippen molar-refractivity contribution >= 4 is 11.7 Å². The van der Waals surface area contributed by atoms with Crippen molar-refractivity contribution in [3.8, 4) is 5.75 Å². The molecule has 1 aliphatic heterocycles. The predicted molar refractivity (Wildman–Crippen MR) is 122 cm³/mol. The molecular formula is C24H28N4O5. The zero-order valence-corrected chi connectivity index (χ0v) is 19.1. The van der Waals surface area contributed by atoms with E-state index in [0.29, 0.717) is 30.6 Å². The van der Waals surface area contributed by atoms with Gasteiger partial charge in [0.05, 0.1) is 19.3 Å². The summed E-state index contributed by atoms with van der Waals surface area (Å²) in [6.45, 7) is 1.39. The number of carbonyl (C=O) groups excluding carboxylic acids is 1. The SMILES string of the molecule is COc1c(C(=O)Cc2cnoc2)nc(N(C)C(c2ccccc2)C2CCOCC2)n(C)c1=O. The van der Waals surface area contributed by atoms with Crippen LogP contribution in [0.1, 0.15) is 40.5 Å². The van der Waals surface area contributed by atoms with E-state index < -0.39 is 5.56 Å². The third-order valence-electron chi connectivity index (χ3n) is 6.13. The number of ether oxygens (including phenoxy) is 2. The Morgan fingerprint density at radius 2 is 2.00 bits per heavy atom. The van der Waals surface area contributed by atoms with Crippen LogP contribution < -0.4 is 15.2 Å². The third kappa shape index (κ3) is 4.68. The van der Waals surface area contributed by atoms with Gasteiger partial charge in [-0.05, 0) is 24.3 Å². The van der Waals surface area contributed by atoms with Gasteiger partial charge < -0.3 is 18.9 Å². The minimum atomic E-state index is -0.415. The van der Waals surface area contributed by atoms with Crippen LogP contribution in [0.2, 0.25) is 0 Å². The summed E-state index contributed by atoms with van der Waals surface area (Å²) in [7, 11) is 4.92. The minimum Gasteiger partial charge on any atom is -0.489 e. The lowest BCUT2D eigenvalue weighted by molar-refractivity contribution is 0.0576. The van der Waals surface area contributed by atoms with Crippen LogP contribution in [0.15, 0.2) is 52.1 Å². The first kappa shape index (κ1) is 22.7. The second-order valence-electron chi connectivity index (χ2n) is 8.21. The predicted octanol–water partition coefficient (Wildman–Crippen LogP) is 2.81. The lowest BCUT2D eigenvalue weighted by atomic mass is 9.86. The maximum absolute atomic E-state index is 13.2. The number of carbonyl (C=O) groups is 1. The van der Waals surface area contributed by atoms with Crippen molar-refractivity contribution < 1.29 is 18.8 Å². The van der Waals surface area contributed by atoms with Gasteiger partial charge in [0.2, 0.25) is 11.7 Å². The van der Waals surface area contributed by atoms with Crippen LogP contribution in [0, 0.1) is 5.92 Å². The van der Waals surface area contributed by atoms with Gasteiger partial charge in [-0.2, -0.15) is 0 Å². The zero-order valence-electron chi connectivity index (χ0n) is 19.1. The van der Waals surface area contributed by atoms with Crippen LogP contribution in [0.5, 0.6) is 5.75 Å². The van der Waals surface area contributed by atoms with E-state index in [0.717, 1.165) is 18.4 Å². The van der Waals surface area contributed by atoms with Gasteiger partial charge in [-0.1, -0.05) is 35.5 Å². The molecule has 4 rings (SSSR count). The summed E-state index contributed by atoms with van der Waals surface area (Å²) in [5.41, 5.74) is 1.31. The molecular weight excluding hydrogens is 424 g/mol. The molecule has 0 aliphatic carbocycles. The molecule has 3 aromatic rings. The van der Waals surface area contributed by atoms with Crippen LogP contribution in [0.3, 0.4) is 0 Å². The highest BCUT2D eigenvalue weighted by Crippen LogP contribution is 2.36. The second kappa shape index (κ2) is 9.99. The fraction of sp³-hybridized carbons (Fsp3) is 0.417. The van der Waals surface area contributed by atoms with Gasteiger partial charge in [-0.15, -0.1) is 0 Å². The first-order chi connectivity index (χ1) is 16.0. The molecule has 1 aliphatic rings. The molecule has 0 radical (unpaired) electrons. The molecule has 0 spiro atoms. The maximum Gasteiger partial charge on any atom is 0.297 e. The lowest BCUT2D eigenvalue weighted by Crippen LogP contribution is -2.38. The average Bonchev–Trinajstić information content (AvgIpc) is 3.35. The minimum absolute atomic E-state index is 0.00226. The van der Waals surface area contributed by atoms with Crippen molar-refractivity contribution in [2.45, 2.75) is 25.3 Å². The van der Waals surface area contributed by atoms with E-state index >= 15 is 0 Å². The summed E-state index contributed by atoms with van der Waals surface area (Å²) in [4.78, 5) is 32.9. The van der Waals surface area contributed by atoms with E-state index in [9.17, 15) is 9.59 Å². The van der Waals surface area contributed by atoms with E-state index in [1.54, 1.807) is 7.05 Å². The molecule has 1 saturated heterocycles. The summed E-state index contributed by atoms with van der Waals surface area (Å²) < 4.78 is 17.1. The van der Waals surface area contributed by atoms with Gasteiger partial charge in [0, 0.05) is 39.3 Å². The summed E-state index contributed by atoms with van der Waals surface area (Å²) in [5.74, 6) is 0.291. The van der Waals surface area contributed by atoms with E-state index in [-0.39, 0.29) is 29.7 Å². The number of methoxy groups -OCH3 is 1. The molecule has 1 atom stereocenters. The van der Waals surface area contributed by atoms with Crippen molar-refractivity contribution in [2.24, 2.45) is 13.0 Å². The summed E-state index contributed by atoms with van der Waals surface area (Å²) in [5, 5.41) is 3.63. The van der Waals surface area contributed by atoms with E-state index in [2.05, 4.69) is 22.3 Å². The second-order valence-corrected chi connectivity index (χ2v) is 8.21. The van der Waals surface area contributed by atoms with Crippen molar-refractivity contribution in [1.29, 1.82) is 0 Å². The van der Waals surface area contributed by atoms with Gasteiger partial charge in [0.1, 0.15) is 6.26 Å². The molecule has 9 nitrogen and oxygen atoms in total. The number of rotatable bonds is 8. The number of hydrogen-bond acceptors (Lipinski definition) is 8. The molecule has 9 heteroatoms. The molecule has 2 aromatic heterocycles. The molecule has 0 amide bonds.